The minimum atomic E-state index is -0.366. The topological polar surface area (TPSA) is 80.0 Å². The summed E-state index contributed by atoms with van der Waals surface area (Å²) in [5.74, 6) is -0.419. The van der Waals surface area contributed by atoms with Crippen LogP contribution in [-0.4, -0.2) is 23.6 Å². The van der Waals surface area contributed by atoms with Gasteiger partial charge in [0.05, 0.1) is 6.34 Å². The van der Waals surface area contributed by atoms with Gasteiger partial charge in [-0.25, -0.2) is 4.39 Å². The molecule has 0 aliphatic rings. The third-order valence-electron chi connectivity index (χ3n) is 4.91. The van der Waals surface area contributed by atoms with Crippen molar-refractivity contribution in [3.63, 3.8) is 0 Å². The fraction of sp³-hybridized carbons (Fsp3) is 0.348. The summed E-state index contributed by atoms with van der Waals surface area (Å²) in [6.07, 6.45) is 1.84. The Morgan fingerprint density at radius 3 is 2.31 bits per heavy atom. The number of halogens is 1. The molecule has 0 saturated carbocycles. The fourth-order valence-electron chi connectivity index (χ4n) is 2.72. The molecule has 154 valence electrons. The van der Waals surface area contributed by atoms with E-state index < -0.39 is 0 Å². The summed E-state index contributed by atoms with van der Waals surface area (Å²) in [6, 6.07) is 11.3. The standard InChI is InChI=1S/C23H29FN4O/c1-6-23(4,5)27-22(29)18-11-17(16-7-9-19(24)10-8-16)12-20(13-18)28(14-25)21(26)15(2)3/h7-15,25-26H,6H2,1-5H3,(H,27,29). The van der Waals surface area contributed by atoms with Gasteiger partial charge < -0.3 is 5.32 Å². The number of hydrogen-bond donors (Lipinski definition) is 3. The zero-order valence-corrected chi connectivity index (χ0v) is 17.6. The molecule has 0 saturated heterocycles. The molecule has 6 heteroatoms. The predicted octanol–water partition coefficient (Wildman–Crippen LogP) is 5.46. The molecular weight excluding hydrogens is 367 g/mol. The van der Waals surface area contributed by atoms with Crippen LogP contribution in [0.5, 0.6) is 0 Å². The van der Waals surface area contributed by atoms with Crippen molar-refractivity contribution in [2.75, 3.05) is 4.90 Å². The lowest BCUT2D eigenvalue weighted by molar-refractivity contribution is 0.0911. The van der Waals surface area contributed by atoms with E-state index in [1.165, 1.54) is 17.0 Å². The van der Waals surface area contributed by atoms with E-state index in [1.54, 1.807) is 30.3 Å². The van der Waals surface area contributed by atoms with Gasteiger partial charge in [-0.05, 0) is 61.7 Å². The summed E-state index contributed by atoms with van der Waals surface area (Å²) >= 11 is 0. The zero-order valence-electron chi connectivity index (χ0n) is 17.6. The van der Waals surface area contributed by atoms with Crippen molar-refractivity contribution in [2.24, 2.45) is 5.92 Å². The number of carbonyl (C=O) groups is 1. The number of rotatable bonds is 7. The molecule has 2 aromatic rings. The Kier molecular flexibility index (Phi) is 6.90. The summed E-state index contributed by atoms with van der Waals surface area (Å²) in [5, 5.41) is 19.1. The number of benzene rings is 2. The fourth-order valence-corrected chi connectivity index (χ4v) is 2.72. The van der Waals surface area contributed by atoms with Crippen molar-refractivity contribution >= 4 is 23.8 Å². The molecule has 1 amide bonds. The van der Waals surface area contributed by atoms with Crippen molar-refractivity contribution in [1.29, 1.82) is 10.8 Å². The summed E-state index contributed by atoms with van der Waals surface area (Å²) in [7, 11) is 0. The van der Waals surface area contributed by atoms with E-state index in [4.69, 9.17) is 10.8 Å². The van der Waals surface area contributed by atoms with E-state index in [9.17, 15) is 9.18 Å². The number of amidine groups is 1. The Hall–Kier alpha value is -3.02. The Bertz CT molecular complexity index is 904. The highest BCUT2D eigenvalue weighted by Crippen LogP contribution is 2.28. The predicted molar refractivity (Wildman–Crippen MR) is 117 cm³/mol. The number of carbonyl (C=O) groups excluding carboxylic acids is 1. The van der Waals surface area contributed by atoms with Crippen LogP contribution in [0.15, 0.2) is 42.5 Å². The second-order valence-electron chi connectivity index (χ2n) is 8.01. The number of anilines is 1. The summed E-state index contributed by atoms with van der Waals surface area (Å²) in [4.78, 5) is 14.4. The van der Waals surface area contributed by atoms with E-state index in [0.717, 1.165) is 18.3 Å². The van der Waals surface area contributed by atoms with Gasteiger partial charge in [-0.2, -0.15) is 0 Å². The lowest BCUT2D eigenvalue weighted by Gasteiger charge is -2.26. The van der Waals surface area contributed by atoms with Crippen LogP contribution in [0, 0.1) is 22.6 Å². The molecule has 0 radical (unpaired) electrons. The SMILES string of the molecule is CCC(C)(C)NC(=O)c1cc(-c2ccc(F)cc2)cc(N(C=N)C(=N)C(C)C)c1. The van der Waals surface area contributed by atoms with Gasteiger partial charge >= 0.3 is 0 Å². The van der Waals surface area contributed by atoms with Gasteiger partial charge in [0.1, 0.15) is 11.7 Å². The molecule has 0 atom stereocenters. The first-order chi connectivity index (χ1) is 13.6. The smallest absolute Gasteiger partial charge is 0.251 e. The Labute approximate surface area is 172 Å². The summed E-state index contributed by atoms with van der Waals surface area (Å²) in [6.45, 7) is 9.66. The van der Waals surface area contributed by atoms with Crippen molar-refractivity contribution in [2.45, 2.75) is 46.6 Å². The minimum Gasteiger partial charge on any atom is -0.347 e. The third-order valence-corrected chi connectivity index (χ3v) is 4.91. The quantitative estimate of drug-likeness (QED) is 0.429. The van der Waals surface area contributed by atoms with E-state index in [2.05, 4.69) is 5.32 Å². The monoisotopic (exact) mass is 396 g/mol. The molecule has 2 rings (SSSR count). The first kappa shape index (κ1) is 22.3. The maximum Gasteiger partial charge on any atom is 0.251 e. The molecule has 0 heterocycles. The van der Waals surface area contributed by atoms with Crippen LogP contribution in [0.1, 0.15) is 51.4 Å². The Morgan fingerprint density at radius 2 is 1.79 bits per heavy atom. The second-order valence-corrected chi connectivity index (χ2v) is 8.01. The van der Waals surface area contributed by atoms with Crippen LogP contribution < -0.4 is 10.2 Å². The first-order valence-corrected chi connectivity index (χ1v) is 9.69. The van der Waals surface area contributed by atoms with Crippen LogP contribution in [0.4, 0.5) is 10.1 Å². The van der Waals surface area contributed by atoms with E-state index in [1.807, 2.05) is 34.6 Å². The molecule has 0 spiro atoms. The van der Waals surface area contributed by atoms with Gasteiger partial charge in [0, 0.05) is 22.7 Å². The van der Waals surface area contributed by atoms with Gasteiger partial charge in [0.15, 0.2) is 0 Å². The van der Waals surface area contributed by atoms with Crippen LogP contribution in [0.3, 0.4) is 0 Å². The Morgan fingerprint density at radius 1 is 1.17 bits per heavy atom. The molecule has 0 aliphatic heterocycles. The highest BCUT2D eigenvalue weighted by atomic mass is 19.1. The average Bonchev–Trinajstić information content (AvgIpc) is 2.68. The molecule has 0 aromatic heterocycles. The molecule has 2 aromatic carbocycles. The minimum absolute atomic E-state index is 0.0950. The Balaban J connectivity index is 2.59. The number of amides is 1. The lowest BCUT2D eigenvalue weighted by atomic mass is 9.98. The highest BCUT2D eigenvalue weighted by molar-refractivity contribution is 6.11. The zero-order chi connectivity index (χ0) is 21.8. The van der Waals surface area contributed by atoms with Crippen LogP contribution in [0.2, 0.25) is 0 Å². The number of nitrogens with one attached hydrogen (secondary N) is 3. The van der Waals surface area contributed by atoms with E-state index in [0.29, 0.717) is 16.8 Å². The van der Waals surface area contributed by atoms with Gasteiger partial charge in [0.2, 0.25) is 0 Å². The number of nitrogens with zero attached hydrogens (tertiary/aromatic N) is 1. The molecule has 0 fully saturated rings. The lowest BCUT2D eigenvalue weighted by Crippen LogP contribution is -2.42. The van der Waals surface area contributed by atoms with Gasteiger partial charge in [-0.3, -0.25) is 20.5 Å². The summed E-state index contributed by atoms with van der Waals surface area (Å²) in [5.41, 5.74) is 2.06. The highest BCUT2D eigenvalue weighted by Gasteiger charge is 2.21. The second kappa shape index (κ2) is 8.99. The van der Waals surface area contributed by atoms with E-state index >= 15 is 0 Å². The molecule has 29 heavy (non-hydrogen) atoms. The van der Waals surface area contributed by atoms with Crippen LogP contribution in [0.25, 0.3) is 11.1 Å². The third kappa shape index (κ3) is 5.50. The molecule has 0 aliphatic carbocycles. The van der Waals surface area contributed by atoms with Crippen LogP contribution >= 0.6 is 0 Å². The molecular formula is C23H29FN4O. The van der Waals surface area contributed by atoms with Crippen molar-refractivity contribution < 1.29 is 9.18 Å². The summed E-state index contributed by atoms with van der Waals surface area (Å²) < 4.78 is 13.4. The maximum atomic E-state index is 13.4. The molecule has 5 nitrogen and oxygen atoms in total. The van der Waals surface area contributed by atoms with Crippen molar-refractivity contribution in [3.8, 4) is 11.1 Å². The molecule has 0 bridgehead atoms. The van der Waals surface area contributed by atoms with Crippen molar-refractivity contribution in [1.82, 2.24) is 5.32 Å². The largest absolute Gasteiger partial charge is 0.347 e. The normalized spacial score (nSPS) is 11.3. The van der Waals surface area contributed by atoms with Gasteiger partial charge in [-0.1, -0.05) is 32.9 Å². The van der Waals surface area contributed by atoms with Gasteiger partial charge in [-0.15, -0.1) is 0 Å². The molecule has 0 unspecified atom stereocenters. The van der Waals surface area contributed by atoms with Crippen molar-refractivity contribution in [3.05, 3.63) is 53.8 Å². The average molecular weight is 397 g/mol. The van der Waals surface area contributed by atoms with Gasteiger partial charge in [0.25, 0.3) is 5.91 Å². The first-order valence-electron chi connectivity index (χ1n) is 9.69. The number of hydrogen-bond acceptors (Lipinski definition) is 3. The van der Waals surface area contributed by atoms with E-state index in [-0.39, 0.29) is 29.0 Å². The maximum absolute atomic E-state index is 13.4. The van der Waals surface area contributed by atoms with Crippen LogP contribution in [-0.2, 0) is 0 Å². The molecule has 3 N–H and O–H groups in total.